The average molecular weight is 493 g/mol. The molecule has 9 heteroatoms. The van der Waals surface area contributed by atoms with Gasteiger partial charge in [-0.25, -0.2) is 9.37 Å². The number of anilines is 1. The van der Waals surface area contributed by atoms with Gasteiger partial charge in [0.2, 0.25) is 5.91 Å². The smallest absolute Gasteiger partial charge is 0.246 e. The summed E-state index contributed by atoms with van der Waals surface area (Å²) in [5, 5.41) is 2.94. The zero-order valence-electron chi connectivity index (χ0n) is 18.7. The molecule has 1 aromatic rings. The molecule has 33 heavy (non-hydrogen) atoms. The topological polar surface area (TPSA) is 65.5 Å². The molecule has 2 heterocycles. The molecule has 0 bridgehead atoms. The highest BCUT2D eigenvalue weighted by Gasteiger charge is 2.50. The van der Waals surface area contributed by atoms with Crippen LogP contribution in [0, 0.1) is 0 Å². The number of amides is 1. The normalized spacial score (nSPS) is 15.4. The molecule has 1 N–H and O–H groups in total. The number of hydrogen-bond acceptors (Lipinski definition) is 5. The number of likely N-dealkylation sites (tertiary alicyclic amines) is 1. The number of carbonyl (C=O) groups excluding carboxylic acids is 2. The van der Waals surface area contributed by atoms with E-state index in [1.54, 1.807) is 18.2 Å². The van der Waals surface area contributed by atoms with Gasteiger partial charge in [-0.2, -0.15) is 0 Å². The molecule has 0 atom stereocenters. The Morgan fingerprint density at radius 2 is 2.03 bits per heavy atom. The number of nitrogens with zero attached hydrogens (tertiary/aromatic N) is 3. The van der Waals surface area contributed by atoms with Gasteiger partial charge in [-0.1, -0.05) is 49.9 Å². The predicted molar refractivity (Wildman–Crippen MR) is 133 cm³/mol. The fraction of sp³-hybridized carbons (Fsp3) is 0.292. The predicted octanol–water partition coefficient (Wildman–Crippen LogP) is 5.11. The van der Waals surface area contributed by atoms with Gasteiger partial charge >= 0.3 is 0 Å². The third kappa shape index (κ3) is 6.12. The Balaban J connectivity index is 2.45. The lowest BCUT2D eigenvalue weighted by molar-refractivity contribution is -0.131. The summed E-state index contributed by atoms with van der Waals surface area (Å²) in [5.74, 6) is -0.852. The van der Waals surface area contributed by atoms with E-state index in [0.717, 1.165) is 13.0 Å². The molecule has 1 aliphatic heterocycles. The Morgan fingerprint density at radius 3 is 2.55 bits per heavy atom. The van der Waals surface area contributed by atoms with E-state index in [2.05, 4.69) is 37.0 Å². The molecule has 1 saturated heterocycles. The van der Waals surface area contributed by atoms with E-state index in [0.29, 0.717) is 17.7 Å². The van der Waals surface area contributed by atoms with Crippen molar-refractivity contribution >= 4 is 47.3 Å². The standard InChI is InChI=1S/C24H27Cl2FN4O2/c1-6-11-30(5)12-10-18-8-9-20(28-19(18)13-32)29-24(14-31(15-24)21(33)7-2)22(17(4)27)23(26)16(3)25/h7-10,12-13H,2-4,6,11,14-15H2,1,5H3,(H,28,29)/b12-10-,23-22-. The maximum Gasteiger partial charge on any atom is 0.246 e. The molecule has 6 nitrogen and oxygen atoms in total. The Morgan fingerprint density at radius 1 is 1.36 bits per heavy atom. The third-order valence-electron chi connectivity index (χ3n) is 5.14. The number of aromatic nitrogens is 1. The van der Waals surface area contributed by atoms with Crippen LogP contribution in [0.4, 0.5) is 10.2 Å². The van der Waals surface area contributed by atoms with Crippen LogP contribution in [0.1, 0.15) is 29.4 Å². The minimum absolute atomic E-state index is 0.0307. The molecular formula is C24H27Cl2FN4O2. The van der Waals surface area contributed by atoms with E-state index in [1.165, 1.54) is 11.0 Å². The first-order valence-electron chi connectivity index (χ1n) is 10.2. The Bertz CT molecular complexity index is 1030. The summed E-state index contributed by atoms with van der Waals surface area (Å²) in [6, 6.07) is 3.39. The van der Waals surface area contributed by atoms with Crippen LogP contribution >= 0.6 is 23.2 Å². The van der Waals surface area contributed by atoms with Crippen LogP contribution in [0.5, 0.6) is 0 Å². The van der Waals surface area contributed by atoms with Gasteiger partial charge in [0.05, 0.1) is 23.2 Å². The maximum absolute atomic E-state index is 14.6. The molecule has 1 amide bonds. The maximum atomic E-state index is 14.6. The Labute approximate surface area is 203 Å². The molecule has 0 spiro atoms. The van der Waals surface area contributed by atoms with Gasteiger partial charge < -0.3 is 15.1 Å². The largest absolute Gasteiger partial charge is 0.380 e. The first-order chi connectivity index (χ1) is 15.6. The van der Waals surface area contributed by atoms with Crippen molar-refractivity contribution < 1.29 is 14.0 Å². The van der Waals surface area contributed by atoms with Gasteiger partial charge in [-0.05, 0) is 36.9 Å². The molecule has 2 rings (SSSR count). The monoisotopic (exact) mass is 492 g/mol. The summed E-state index contributed by atoms with van der Waals surface area (Å²) in [4.78, 5) is 31.6. The van der Waals surface area contributed by atoms with Crippen molar-refractivity contribution in [3.05, 3.63) is 76.9 Å². The summed E-state index contributed by atoms with van der Waals surface area (Å²) in [6.45, 7) is 13.5. The lowest BCUT2D eigenvalue weighted by Crippen LogP contribution is -2.68. The number of hydrogen-bond donors (Lipinski definition) is 1. The Kier molecular flexibility index (Phi) is 9.02. The molecule has 0 radical (unpaired) electrons. The minimum Gasteiger partial charge on any atom is -0.380 e. The second-order valence-electron chi connectivity index (χ2n) is 7.69. The number of carbonyl (C=O) groups is 2. The zero-order chi connectivity index (χ0) is 24.8. The summed E-state index contributed by atoms with van der Waals surface area (Å²) >= 11 is 12.2. The first kappa shape index (κ1) is 26.4. The molecule has 1 aromatic heterocycles. The number of allylic oxidation sites excluding steroid dienone is 2. The van der Waals surface area contributed by atoms with Crippen molar-refractivity contribution in [3.8, 4) is 0 Å². The van der Waals surface area contributed by atoms with E-state index >= 15 is 0 Å². The zero-order valence-corrected chi connectivity index (χ0v) is 20.2. The van der Waals surface area contributed by atoms with Crippen molar-refractivity contribution in [3.63, 3.8) is 0 Å². The average Bonchev–Trinajstić information content (AvgIpc) is 2.75. The second-order valence-corrected chi connectivity index (χ2v) is 8.52. The quantitative estimate of drug-likeness (QED) is 0.264. The van der Waals surface area contributed by atoms with Gasteiger partial charge in [0.1, 0.15) is 22.9 Å². The number of halogens is 3. The van der Waals surface area contributed by atoms with Crippen molar-refractivity contribution in [1.29, 1.82) is 0 Å². The Hall–Kier alpha value is -2.90. The van der Waals surface area contributed by atoms with E-state index in [1.807, 2.05) is 18.1 Å². The summed E-state index contributed by atoms with van der Waals surface area (Å²) < 4.78 is 14.6. The highest BCUT2D eigenvalue weighted by atomic mass is 35.5. The lowest BCUT2D eigenvalue weighted by atomic mass is 9.80. The van der Waals surface area contributed by atoms with E-state index in [-0.39, 0.29) is 40.3 Å². The minimum atomic E-state index is -1.18. The molecule has 1 aliphatic rings. The molecule has 0 saturated carbocycles. The van der Waals surface area contributed by atoms with E-state index < -0.39 is 11.4 Å². The number of pyridine rings is 1. The summed E-state index contributed by atoms with van der Waals surface area (Å²) in [7, 11) is 1.94. The molecule has 0 aliphatic carbocycles. The van der Waals surface area contributed by atoms with Crippen LogP contribution in [-0.4, -0.2) is 59.2 Å². The molecular weight excluding hydrogens is 466 g/mol. The number of nitrogens with one attached hydrogen (secondary N) is 1. The fourth-order valence-electron chi connectivity index (χ4n) is 3.58. The SMILES string of the molecule is C=CC(=O)N1CC(Nc2ccc(/C=C\N(C)CCC)c(C=O)n2)(/C(C(=C)F)=C(\Cl)C(=C)Cl)C1. The van der Waals surface area contributed by atoms with Crippen LogP contribution < -0.4 is 5.32 Å². The van der Waals surface area contributed by atoms with Gasteiger partial charge in [-0.15, -0.1) is 0 Å². The van der Waals surface area contributed by atoms with Gasteiger partial charge in [0, 0.05) is 24.7 Å². The van der Waals surface area contributed by atoms with Crippen molar-refractivity contribution in [1.82, 2.24) is 14.8 Å². The van der Waals surface area contributed by atoms with Crippen molar-refractivity contribution in [2.24, 2.45) is 0 Å². The van der Waals surface area contributed by atoms with Crippen LogP contribution in [0.15, 0.2) is 65.6 Å². The van der Waals surface area contributed by atoms with E-state index in [4.69, 9.17) is 23.2 Å². The van der Waals surface area contributed by atoms with Gasteiger partial charge in [0.25, 0.3) is 0 Å². The van der Waals surface area contributed by atoms with Crippen LogP contribution in [0.3, 0.4) is 0 Å². The fourth-order valence-corrected chi connectivity index (χ4v) is 3.96. The summed E-state index contributed by atoms with van der Waals surface area (Å²) in [6.07, 6.45) is 6.46. The van der Waals surface area contributed by atoms with Crippen molar-refractivity contribution in [2.75, 3.05) is 32.0 Å². The highest BCUT2D eigenvalue weighted by molar-refractivity contribution is 6.44. The van der Waals surface area contributed by atoms with Crippen LogP contribution in [-0.2, 0) is 4.79 Å². The number of rotatable bonds is 11. The highest BCUT2D eigenvalue weighted by Crippen LogP contribution is 2.41. The molecule has 1 fully saturated rings. The molecule has 0 aromatic carbocycles. The van der Waals surface area contributed by atoms with Crippen LogP contribution in [0.25, 0.3) is 6.08 Å². The molecule has 176 valence electrons. The van der Waals surface area contributed by atoms with Gasteiger partial charge in [0.15, 0.2) is 6.29 Å². The molecule has 0 unspecified atom stereocenters. The van der Waals surface area contributed by atoms with Crippen molar-refractivity contribution in [2.45, 2.75) is 18.9 Å². The van der Waals surface area contributed by atoms with E-state index in [9.17, 15) is 14.0 Å². The van der Waals surface area contributed by atoms with Crippen LogP contribution in [0.2, 0.25) is 0 Å². The lowest BCUT2D eigenvalue weighted by Gasteiger charge is -2.51. The first-order valence-corrected chi connectivity index (χ1v) is 11.0. The third-order valence-corrected chi connectivity index (χ3v) is 5.84. The second kappa shape index (κ2) is 11.3. The summed E-state index contributed by atoms with van der Waals surface area (Å²) in [5.41, 5.74) is -0.378. The van der Waals surface area contributed by atoms with Gasteiger partial charge in [-0.3, -0.25) is 9.59 Å². The number of aldehydes is 1.